The smallest absolute Gasteiger partial charge is 0.182 e. The highest BCUT2D eigenvalue weighted by molar-refractivity contribution is 7.98. The van der Waals surface area contributed by atoms with Crippen LogP contribution in [-0.4, -0.2) is 29.0 Å². The topological polar surface area (TPSA) is 45.2 Å². The van der Waals surface area contributed by atoms with E-state index in [2.05, 4.69) is 24.1 Å². The molecule has 0 fully saturated rings. The Labute approximate surface area is 106 Å². The number of thioether (sulfide) groups is 1. The normalized spacial score (nSPS) is 12.7. The summed E-state index contributed by atoms with van der Waals surface area (Å²) in [4.78, 5) is 5.62. The Morgan fingerprint density at radius 1 is 1.62 bits per heavy atom. The van der Waals surface area contributed by atoms with E-state index >= 15 is 0 Å². The van der Waals surface area contributed by atoms with Crippen molar-refractivity contribution in [3.8, 4) is 0 Å². The average molecular weight is 260 g/mol. The summed E-state index contributed by atoms with van der Waals surface area (Å²) in [5, 5.41) is 13.2. The Balaban J connectivity index is 2.23. The van der Waals surface area contributed by atoms with E-state index in [1.807, 2.05) is 18.0 Å². The lowest BCUT2D eigenvalue weighted by Crippen LogP contribution is -2.03. The van der Waals surface area contributed by atoms with Gasteiger partial charge in [-0.15, -0.1) is 11.3 Å². The zero-order chi connectivity index (χ0) is 11.8. The molecule has 16 heavy (non-hydrogen) atoms. The zero-order valence-electron chi connectivity index (χ0n) is 9.90. The summed E-state index contributed by atoms with van der Waals surface area (Å²) in [7, 11) is 0. The molecule has 2 N–H and O–H groups in total. The summed E-state index contributed by atoms with van der Waals surface area (Å²) < 4.78 is 0. The van der Waals surface area contributed by atoms with Crippen molar-refractivity contribution in [2.45, 2.75) is 26.0 Å². The first-order valence-electron chi connectivity index (χ1n) is 5.63. The zero-order valence-corrected chi connectivity index (χ0v) is 11.5. The molecule has 0 aliphatic heterocycles. The highest BCUT2D eigenvalue weighted by Gasteiger charge is 2.03. The Bertz CT molecular complexity index is 291. The lowest BCUT2D eigenvalue weighted by atomic mass is 10.2. The lowest BCUT2D eigenvalue weighted by Gasteiger charge is -2.05. The number of nitrogens with zero attached hydrogens (tertiary/aromatic N) is 1. The Morgan fingerprint density at radius 2 is 2.44 bits per heavy atom. The van der Waals surface area contributed by atoms with E-state index in [-0.39, 0.29) is 6.61 Å². The molecule has 1 aromatic heterocycles. The number of hydrogen-bond donors (Lipinski definition) is 2. The summed E-state index contributed by atoms with van der Waals surface area (Å²) in [5.74, 6) is 2.39. The fourth-order valence-corrected chi connectivity index (χ4v) is 3.12. The van der Waals surface area contributed by atoms with Crippen LogP contribution in [0, 0.1) is 5.92 Å². The van der Waals surface area contributed by atoms with Crippen LogP contribution in [0.5, 0.6) is 0 Å². The summed E-state index contributed by atoms with van der Waals surface area (Å²) in [6.07, 6.45) is 3.07. The molecule has 1 unspecified atom stereocenters. The van der Waals surface area contributed by atoms with Gasteiger partial charge >= 0.3 is 0 Å². The average Bonchev–Trinajstić information content (AvgIpc) is 2.74. The Kier molecular flexibility index (Phi) is 6.84. The second kappa shape index (κ2) is 7.92. The molecule has 92 valence electrons. The number of rotatable bonds is 8. The number of anilines is 1. The van der Waals surface area contributed by atoms with Crippen LogP contribution in [0.3, 0.4) is 0 Å². The van der Waals surface area contributed by atoms with E-state index in [1.165, 1.54) is 4.88 Å². The number of hydrogen-bond acceptors (Lipinski definition) is 5. The molecule has 1 aromatic rings. The minimum atomic E-state index is 0.277. The van der Waals surface area contributed by atoms with Crippen molar-refractivity contribution in [1.82, 2.24) is 4.98 Å². The Morgan fingerprint density at radius 3 is 3.12 bits per heavy atom. The molecule has 1 atom stereocenters. The number of aliphatic hydroxyl groups excluding tert-OH is 1. The van der Waals surface area contributed by atoms with Crippen LogP contribution < -0.4 is 5.32 Å². The van der Waals surface area contributed by atoms with Crippen molar-refractivity contribution in [3.63, 3.8) is 0 Å². The van der Waals surface area contributed by atoms with E-state index < -0.39 is 0 Å². The van der Waals surface area contributed by atoms with Crippen molar-refractivity contribution in [3.05, 3.63) is 11.1 Å². The third kappa shape index (κ3) is 5.18. The van der Waals surface area contributed by atoms with E-state index in [0.29, 0.717) is 5.92 Å². The predicted octanol–water partition coefficient (Wildman–Crippen LogP) is 2.83. The van der Waals surface area contributed by atoms with E-state index in [4.69, 9.17) is 5.11 Å². The van der Waals surface area contributed by atoms with Crippen molar-refractivity contribution >= 4 is 28.2 Å². The molecule has 1 heterocycles. The van der Waals surface area contributed by atoms with Gasteiger partial charge in [0.2, 0.25) is 0 Å². The summed E-state index contributed by atoms with van der Waals surface area (Å²) in [5.41, 5.74) is 0. The molecule has 0 radical (unpaired) electrons. The maximum Gasteiger partial charge on any atom is 0.182 e. The van der Waals surface area contributed by atoms with Gasteiger partial charge in [-0.3, -0.25) is 0 Å². The fourth-order valence-electron chi connectivity index (χ4n) is 1.10. The van der Waals surface area contributed by atoms with Gasteiger partial charge in [-0.05, 0) is 18.1 Å². The maximum absolute atomic E-state index is 8.90. The van der Waals surface area contributed by atoms with Crippen LogP contribution in [0.2, 0.25) is 0 Å². The highest BCUT2D eigenvalue weighted by Crippen LogP contribution is 2.23. The standard InChI is InChI=1S/C11H20N2OS2/c1-3-4-12-11-13-5-10(16-11)8-15-7-9(2)6-14/h5,9,14H,3-4,6-8H2,1-2H3,(H,12,13). The van der Waals surface area contributed by atoms with E-state index in [1.54, 1.807) is 11.3 Å². The van der Waals surface area contributed by atoms with Crippen molar-refractivity contribution < 1.29 is 5.11 Å². The summed E-state index contributed by atoms with van der Waals surface area (Å²) in [6, 6.07) is 0. The third-order valence-electron chi connectivity index (χ3n) is 2.04. The lowest BCUT2D eigenvalue weighted by molar-refractivity contribution is 0.250. The molecule has 0 aliphatic rings. The number of aliphatic hydroxyl groups is 1. The van der Waals surface area contributed by atoms with Gasteiger partial charge in [0.25, 0.3) is 0 Å². The summed E-state index contributed by atoms with van der Waals surface area (Å²) in [6.45, 7) is 5.47. The van der Waals surface area contributed by atoms with Crippen LogP contribution in [0.15, 0.2) is 6.20 Å². The number of nitrogens with one attached hydrogen (secondary N) is 1. The van der Waals surface area contributed by atoms with Gasteiger partial charge in [0.05, 0.1) is 0 Å². The molecule has 0 saturated carbocycles. The van der Waals surface area contributed by atoms with Gasteiger partial charge in [-0.1, -0.05) is 13.8 Å². The van der Waals surface area contributed by atoms with Crippen LogP contribution >= 0.6 is 23.1 Å². The maximum atomic E-state index is 8.90. The molecule has 0 saturated heterocycles. The molecule has 1 rings (SSSR count). The molecule has 0 aliphatic carbocycles. The SMILES string of the molecule is CCCNc1ncc(CSCC(C)CO)s1. The molecular formula is C11H20N2OS2. The van der Waals surface area contributed by atoms with Crippen LogP contribution in [0.25, 0.3) is 0 Å². The molecule has 0 amide bonds. The number of aromatic nitrogens is 1. The van der Waals surface area contributed by atoms with Crippen LogP contribution in [0.1, 0.15) is 25.1 Å². The van der Waals surface area contributed by atoms with Crippen molar-refractivity contribution in [1.29, 1.82) is 0 Å². The minimum Gasteiger partial charge on any atom is -0.396 e. The molecule has 0 bridgehead atoms. The minimum absolute atomic E-state index is 0.277. The molecular weight excluding hydrogens is 240 g/mol. The molecule has 5 heteroatoms. The first-order chi connectivity index (χ1) is 7.76. The first kappa shape index (κ1) is 13.8. The van der Waals surface area contributed by atoms with Gasteiger partial charge in [0, 0.05) is 30.0 Å². The largest absolute Gasteiger partial charge is 0.396 e. The Hall–Kier alpha value is -0.260. The molecule has 3 nitrogen and oxygen atoms in total. The van der Waals surface area contributed by atoms with Gasteiger partial charge < -0.3 is 10.4 Å². The van der Waals surface area contributed by atoms with Crippen LogP contribution in [-0.2, 0) is 5.75 Å². The summed E-state index contributed by atoms with van der Waals surface area (Å²) >= 11 is 3.59. The van der Waals surface area contributed by atoms with E-state index in [0.717, 1.165) is 29.6 Å². The second-order valence-corrected chi connectivity index (χ2v) is 6.01. The van der Waals surface area contributed by atoms with Crippen molar-refractivity contribution in [2.75, 3.05) is 24.2 Å². The first-order valence-corrected chi connectivity index (χ1v) is 7.60. The molecule has 0 aromatic carbocycles. The van der Waals surface area contributed by atoms with Crippen molar-refractivity contribution in [2.24, 2.45) is 5.92 Å². The van der Waals surface area contributed by atoms with E-state index in [9.17, 15) is 0 Å². The fraction of sp³-hybridized carbons (Fsp3) is 0.727. The second-order valence-electron chi connectivity index (χ2n) is 3.86. The van der Waals surface area contributed by atoms with Gasteiger partial charge in [0.1, 0.15) is 0 Å². The highest BCUT2D eigenvalue weighted by atomic mass is 32.2. The van der Waals surface area contributed by atoms with Gasteiger partial charge in [0.15, 0.2) is 5.13 Å². The van der Waals surface area contributed by atoms with Gasteiger partial charge in [-0.2, -0.15) is 11.8 Å². The van der Waals surface area contributed by atoms with Crippen LogP contribution in [0.4, 0.5) is 5.13 Å². The van der Waals surface area contributed by atoms with Gasteiger partial charge in [-0.25, -0.2) is 4.98 Å². The third-order valence-corrected chi connectivity index (χ3v) is 4.50. The predicted molar refractivity (Wildman–Crippen MR) is 73.3 cm³/mol. The monoisotopic (exact) mass is 260 g/mol. The quantitative estimate of drug-likeness (QED) is 0.754. The number of thiazole rings is 1. The molecule has 0 spiro atoms.